The van der Waals surface area contributed by atoms with Crippen LogP contribution in [0.5, 0.6) is 0 Å². The summed E-state index contributed by atoms with van der Waals surface area (Å²) in [5.74, 6) is 0. The van der Waals surface area contributed by atoms with E-state index in [0.29, 0.717) is 0 Å². The lowest BCUT2D eigenvalue weighted by atomic mass is 10.2. The third-order valence-electron chi connectivity index (χ3n) is 1.72. The number of hydrogen-bond acceptors (Lipinski definition) is 1. The average Bonchev–Trinajstić information content (AvgIpc) is 2.04. The molecule has 0 saturated carbocycles. The predicted octanol–water partition coefficient (Wildman–Crippen LogP) is 1.06. The van der Waals surface area contributed by atoms with Crippen molar-refractivity contribution >= 4 is 10.8 Å². The molecule has 0 spiro atoms. The van der Waals surface area contributed by atoms with Crippen LogP contribution in [-0.2, 0) is 7.05 Å². The largest absolute Gasteiger partial charge is 0.264 e. The topological polar surface area (TPSA) is 16.8 Å². The smallest absolute Gasteiger partial charge is 0.177 e. The SMILES string of the molecule is C[n+]1ccc2ccncc2c1. The van der Waals surface area contributed by atoms with Crippen LogP contribution in [0.15, 0.2) is 36.9 Å². The molecule has 2 heterocycles. The minimum absolute atomic E-state index is 1.18. The van der Waals surface area contributed by atoms with Crippen molar-refractivity contribution in [2.24, 2.45) is 7.05 Å². The molecule has 0 saturated heterocycles. The van der Waals surface area contributed by atoms with Crippen molar-refractivity contribution in [3.8, 4) is 0 Å². The van der Waals surface area contributed by atoms with Crippen LogP contribution >= 0.6 is 0 Å². The van der Waals surface area contributed by atoms with E-state index in [0.717, 1.165) is 0 Å². The molecule has 0 aliphatic carbocycles. The second-order valence-electron chi connectivity index (χ2n) is 2.61. The molecule has 0 atom stereocenters. The summed E-state index contributed by atoms with van der Waals surface area (Å²) in [6, 6.07) is 4.09. The van der Waals surface area contributed by atoms with E-state index in [2.05, 4.69) is 17.2 Å². The van der Waals surface area contributed by atoms with Crippen molar-refractivity contribution < 1.29 is 4.57 Å². The molecule has 0 bridgehead atoms. The highest BCUT2D eigenvalue weighted by Gasteiger charge is 1.95. The molecule has 0 fully saturated rings. The van der Waals surface area contributed by atoms with Crippen molar-refractivity contribution in [2.75, 3.05) is 0 Å². The fourth-order valence-corrected chi connectivity index (χ4v) is 1.14. The molecule has 0 unspecified atom stereocenters. The molecule has 0 amide bonds. The highest BCUT2D eigenvalue weighted by atomic mass is 14.9. The van der Waals surface area contributed by atoms with Gasteiger partial charge in [0.2, 0.25) is 0 Å². The molecular formula is C9H9N2+. The number of aromatic nitrogens is 2. The van der Waals surface area contributed by atoms with Gasteiger partial charge in [0.1, 0.15) is 7.05 Å². The van der Waals surface area contributed by atoms with E-state index in [1.165, 1.54) is 10.8 Å². The Balaban J connectivity index is 2.83. The Kier molecular flexibility index (Phi) is 1.32. The fourth-order valence-electron chi connectivity index (χ4n) is 1.14. The summed E-state index contributed by atoms with van der Waals surface area (Å²) in [5.41, 5.74) is 0. The van der Waals surface area contributed by atoms with Crippen molar-refractivity contribution in [3.05, 3.63) is 36.9 Å². The molecule has 2 nitrogen and oxygen atoms in total. The second kappa shape index (κ2) is 2.31. The third kappa shape index (κ3) is 1.07. The van der Waals surface area contributed by atoms with Gasteiger partial charge in [0.05, 0.1) is 5.39 Å². The van der Waals surface area contributed by atoms with Crippen molar-refractivity contribution in [1.29, 1.82) is 0 Å². The lowest BCUT2D eigenvalue weighted by molar-refractivity contribution is -0.670. The maximum absolute atomic E-state index is 4.04. The van der Waals surface area contributed by atoms with Gasteiger partial charge in [-0.15, -0.1) is 0 Å². The molecule has 2 aromatic rings. The summed E-state index contributed by atoms with van der Waals surface area (Å²) < 4.78 is 2.02. The van der Waals surface area contributed by atoms with Gasteiger partial charge in [-0.05, 0) is 11.5 Å². The van der Waals surface area contributed by atoms with E-state index in [9.17, 15) is 0 Å². The molecule has 0 radical (unpaired) electrons. The molecule has 2 heteroatoms. The number of aryl methyl sites for hydroxylation is 1. The lowest BCUT2D eigenvalue weighted by Crippen LogP contribution is -2.25. The van der Waals surface area contributed by atoms with Crippen molar-refractivity contribution in [2.45, 2.75) is 0 Å². The van der Waals surface area contributed by atoms with Gasteiger partial charge in [0.25, 0.3) is 0 Å². The van der Waals surface area contributed by atoms with E-state index in [4.69, 9.17) is 0 Å². The summed E-state index contributed by atoms with van der Waals surface area (Å²) in [7, 11) is 2.01. The van der Waals surface area contributed by atoms with Gasteiger partial charge in [-0.2, -0.15) is 0 Å². The summed E-state index contributed by atoms with van der Waals surface area (Å²) in [5, 5.41) is 2.41. The van der Waals surface area contributed by atoms with E-state index < -0.39 is 0 Å². The third-order valence-corrected chi connectivity index (χ3v) is 1.72. The van der Waals surface area contributed by atoms with Gasteiger partial charge in [0, 0.05) is 18.5 Å². The van der Waals surface area contributed by atoms with Gasteiger partial charge in [-0.3, -0.25) is 4.98 Å². The first-order valence-electron chi connectivity index (χ1n) is 3.55. The van der Waals surface area contributed by atoms with Crippen LogP contribution in [0.2, 0.25) is 0 Å². The van der Waals surface area contributed by atoms with E-state index in [1.54, 1.807) is 0 Å². The van der Waals surface area contributed by atoms with Gasteiger partial charge in [-0.25, -0.2) is 4.57 Å². The summed E-state index contributed by atoms with van der Waals surface area (Å²) in [4.78, 5) is 4.04. The highest BCUT2D eigenvalue weighted by Crippen LogP contribution is 2.06. The minimum atomic E-state index is 1.18. The first-order valence-corrected chi connectivity index (χ1v) is 3.55. The zero-order chi connectivity index (χ0) is 7.68. The summed E-state index contributed by atoms with van der Waals surface area (Å²) in [6.45, 7) is 0. The maximum Gasteiger partial charge on any atom is 0.177 e. The van der Waals surface area contributed by atoms with Gasteiger partial charge in [-0.1, -0.05) is 0 Å². The average molecular weight is 145 g/mol. The van der Waals surface area contributed by atoms with Crippen LogP contribution in [0.1, 0.15) is 0 Å². The Morgan fingerprint density at radius 3 is 3.09 bits per heavy atom. The normalized spacial score (nSPS) is 10.3. The van der Waals surface area contributed by atoms with E-state index >= 15 is 0 Å². The van der Waals surface area contributed by atoms with Gasteiger partial charge in [0.15, 0.2) is 12.4 Å². The number of fused-ring (bicyclic) bond motifs is 1. The van der Waals surface area contributed by atoms with Crippen molar-refractivity contribution in [1.82, 2.24) is 4.98 Å². The molecule has 11 heavy (non-hydrogen) atoms. The molecule has 0 aliphatic heterocycles. The number of rotatable bonds is 0. The van der Waals surface area contributed by atoms with Crippen LogP contribution in [-0.4, -0.2) is 4.98 Å². The maximum atomic E-state index is 4.04. The fraction of sp³-hybridized carbons (Fsp3) is 0.111. The van der Waals surface area contributed by atoms with Gasteiger partial charge >= 0.3 is 0 Å². The van der Waals surface area contributed by atoms with Crippen LogP contribution < -0.4 is 4.57 Å². The van der Waals surface area contributed by atoms with Crippen LogP contribution in [0.25, 0.3) is 10.8 Å². The number of hydrogen-bond donors (Lipinski definition) is 0. The van der Waals surface area contributed by atoms with Crippen LogP contribution in [0, 0.1) is 0 Å². The number of nitrogens with zero attached hydrogens (tertiary/aromatic N) is 2. The molecule has 0 aliphatic rings. The van der Waals surface area contributed by atoms with Crippen LogP contribution in [0.4, 0.5) is 0 Å². The first kappa shape index (κ1) is 6.28. The first-order chi connectivity index (χ1) is 5.36. The van der Waals surface area contributed by atoms with Gasteiger partial charge < -0.3 is 0 Å². The predicted molar refractivity (Wildman–Crippen MR) is 42.9 cm³/mol. The van der Waals surface area contributed by atoms with Crippen molar-refractivity contribution in [3.63, 3.8) is 0 Å². The Morgan fingerprint density at radius 1 is 1.27 bits per heavy atom. The van der Waals surface area contributed by atoms with E-state index in [1.807, 2.05) is 36.3 Å². The van der Waals surface area contributed by atoms with E-state index in [-0.39, 0.29) is 0 Å². The Morgan fingerprint density at radius 2 is 2.18 bits per heavy atom. The quantitative estimate of drug-likeness (QED) is 0.506. The Hall–Kier alpha value is -1.44. The molecular weight excluding hydrogens is 136 g/mol. The standard InChI is InChI=1S/C9H9N2/c1-11-5-3-8-2-4-10-6-9(8)7-11/h2-7H,1H3/q+1. The summed E-state index contributed by atoms with van der Waals surface area (Å²) in [6.07, 6.45) is 7.77. The zero-order valence-corrected chi connectivity index (χ0v) is 6.36. The second-order valence-corrected chi connectivity index (χ2v) is 2.61. The zero-order valence-electron chi connectivity index (χ0n) is 6.36. The summed E-state index contributed by atoms with van der Waals surface area (Å²) >= 11 is 0. The monoisotopic (exact) mass is 145 g/mol. The molecule has 54 valence electrons. The number of pyridine rings is 2. The molecule has 0 aromatic carbocycles. The molecule has 2 rings (SSSR count). The minimum Gasteiger partial charge on any atom is -0.264 e. The Bertz CT molecular complexity index is 382. The highest BCUT2D eigenvalue weighted by molar-refractivity contribution is 5.79. The lowest BCUT2D eigenvalue weighted by Gasteiger charge is -1.91. The van der Waals surface area contributed by atoms with Crippen LogP contribution in [0.3, 0.4) is 0 Å². The Labute approximate surface area is 65.1 Å². The molecule has 2 aromatic heterocycles. The molecule has 0 N–H and O–H groups in total.